The Hall–Kier alpha value is -0.780. The van der Waals surface area contributed by atoms with Gasteiger partial charge in [-0.05, 0) is 0 Å². The van der Waals surface area contributed by atoms with E-state index in [1.807, 2.05) is 0 Å². The first kappa shape index (κ1) is 10.3. The summed E-state index contributed by atoms with van der Waals surface area (Å²) in [7, 11) is 0. The van der Waals surface area contributed by atoms with Crippen LogP contribution in [-0.4, -0.2) is 0 Å². The molecule has 6 heteroatoms. The zero-order valence-electron chi connectivity index (χ0n) is 6.04. The standard InChI is InChI=1S/C7H3F5S/c8-3-2(1-13)4(9)6(11)7(12)5(3)10/h13H,1H2. The summed E-state index contributed by atoms with van der Waals surface area (Å²) in [4.78, 5) is 0. The molecule has 0 aromatic heterocycles. The molecule has 72 valence electrons. The molecule has 0 fully saturated rings. The van der Waals surface area contributed by atoms with Crippen molar-refractivity contribution in [3.8, 4) is 0 Å². The monoisotopic (exact) mass is 214 g/mol. The minimum atomic E-state index is -2.15. The Morgan fingerprint density at radius 2 is 1.00 bits per heavy atom. The van der Waals surface area contributed by atoms with E-state index in [-0.39, 0.29) is 0 Å². The molecule has 1 aromatic carbocycles. The van der Waals surface area contributed by atoms with E-state index in [0.29, 0.717) is 0 Å². The number of hydrogen-bond acceptors (Lipinski definition) is 1. The van der Waals surface area contributed by atoms with Crippen LogP contribution in [0.2, 0.25) is 0 Å². The quantitative estimate of drug-likeness (QED) is 0.316. The zero-order valence-corrected chi connectivity index (χ0v) is 6.94. The van der Waals surface area contributed by atoms with E-state index in [9.17, 15) is 22.0 Å². The lowest BCUT2D eigenvalue weighted by Crippen LogP contribution is -2.05. The molecule has 0 radical (unpaired) electrons. The highest BCUT2D eigenvalue weighted by Crippen LogP contribution is 2.23. The summed E-state index contributed by atoms with van der Waals surface area (Å²) in [6.45, 7) is 0. The molecule has 0 spiro atoms. The fourth-order valence-electron chi connectivity index (χ4n) is 0.789. The Morgan fingerprint density at radius 1 is 0.692 bits per heavy atom. The molecule has 0 heterocycles. The van der Waals surface area contributed by atoms with Crippen molar-refractivity contribution in [3.05, 3.63) is 34.6 Å². The van der Waals surface area contributed by atoms with Gasteiger partial charge in [-0.2, -0.15) is 12.6 Å². The van der Waals surface area contributed by atoms with Crippen molar-refractivity contribution in [3.63, 3.8) is 0 Å². The van der Waals surface area contributed by atoms with Crippen LogP contribution in [-0.2, 0) is 5.75 Å². The lowest BCUT2D eigenvalue weighted by Gasteiger charge is -2.04. The highest BCUT2D eigenvalue weighted by Gasteiger charge is 2.24. The average Bonchev–Trinajstić information content (AvgIpc) is 2.13. The van der Waals surface area contributed by atoms with Gasteiger partial charge in [0.1, 0.15) is 0 Å². The Labute approximate surface area is 75.8 Å². The van der Waals surface area contributed by atoms with Gasteiger partial charge in [-0.25, -0.2) is 22.0 Å². The van der Waals surface area contributed by atoms with E-state index in [4.69, 9.17) is 0 Å². The molecular formula is C7H3F5S. The second kappa shape index (κ2) is 3.53. The molecule has 0 atom stereocenters. The first-order chi connectivity index (χ1) is 6.00. The summed E-state index contributed by atoms with van der Waals surface area (Å²) in [5.74, 6) is -10.2. The molecule has 0 unspecified atom stereocenters. The van der Waals surface area contributed by atoms with Crippen molar-refractivity contribution in [2.75, 3.05) is 0 Å². The number of thiol groups is 1. The summed E-state index contributed by atoms with van der Waals surface area (Å²) in [6, 6.07) is 0. The van der Waals surface area contributed by atoms with E-state index in [0.717, 1.165) is 0 Å². The molecule has 0 amide bonds. The van der Waals surface area contributed by atoms with E-state index in [1.54, 1.807) is 0 Å². The topological polar surface area (TPSA) is 0 Å². The smallest absolute Gasteiger partial charge is 0.200 e. The summed E-state index contributed by atoms with van der Waals surface area (Å²) in [6.07, 6.45) is 0. The van der Waals surface area contributed by atoms with Gasteiger partial charge in [0.25, 0.3) is 0 Å². The third-order valence-electron chi connectivity index (χ3n) is 1.46. The highest BCUT2D eigenvalue weighted by molar-refractivity contribution is 7.79. The van der Waals surface area contributed by atoms with Crippen LogP contribution >= 0.6 is 12.6 Å². The molecule has 0 N–H and O–H groups in total. The van der Waals surface area contributed by atoms with Crippen LogP contribution < -0.4 is 0 Å². The summed E-state index contributed by atoms with van der Waals surface area (Å²) >= 11 is 3.44. The molecule has 0 aliphatic heterocycles. The lowest BCUT2D eigenvalue weighted by molar-refractivity contribution is 0.373. The lowest BCUT2D eigenvalue weighted by atomic mass is 10.2. The fourth-order valence-corrected chi connectivity index (χ4v) is 1.07. The van der Waals surface area contributed by atoms with Crippen LogP contribution in [0.15, 0.2) is 0 Å². The third kappa shape index (κ3) is 1.50. The van der Waals surface area contributed by atoms with Crippen molar-refractivity contribution in [1.29, 1.82) is 0 Å². The van der Waals surface area contributed by atoms with Gasteiger partial charge in [-0.15, -0.1) is 0 Å². The second-order valence-corrected chi connectivity index (χ2v) is 2.52. The molecule has 0 bridgehead atoms. The van der Waals surface area contributed by atoms with E-state index >= 15 is 0 Å². The normalized spacial score (nSPS) is 10.6. The Kier molecular flexibility index (Phi) is 2.80. The van der Waals surface area contributed by atoms with Gasteiger partial charge in [-0.1, -0.05) is 0 Å². The molecule has 0 saturated heterocycles. The Bertz CT molecular complexity index is 320. The zero-order chi connectivity index (χ0) is 10.2. The molecule has 0 aliphatic rings. The summed E-state index contributed by atoms with van der Waals surface area (Å²) < 4.78 is 62.4. The Morgan fingerprint density at radius 3 is 1.31 bits per heavy atom. The van der Waals surface area contributed by atoms with Gasteiger partial charge in [-0.3, -0.25) is 0 Å². The predicted octanol–water partition coefficient (Wildman–Crippen LogP) is 2.81. The molecule has 0 aliphatic carbocycles. The number of benzene rings is 1. The van der Waals surface area contributed by atoms with Crippen LogP contribution in [0.5, 0.6) is 0 Å². The maximum Gasteiger partial charge on any atom is 0.200 e. The van der Waals surface area contributed by atoms with Crippen molar-refractivity contribution >= 4 is 12.6 Å². The minimum Gasteiger partial charge on any atom is -0.203 e. The first-order valence-corrected chi connectivity index (χ1v) is 3.75. The maximum atomic E-state index is 12.6. The molecule has 13 heavy (non-hydrogen) atoms. The molecule has 1 aromatic rings. The third-order valence-corrected chi connectivity index (χ3v) is 1.78. The predicted molar refractivity (Wildman–Crippen MR) is 38.9 cm³/mol. The van der Waals surface area contributed by atoms with E-state index < -0.39 is 40.4 Å². The van der Waals surface area contributed by atoms with Gasteiger partial charge in [0, 0.05) is 11.3 Å². The van der Waals surface area contributed by atoms with Crippen molar-refractivity contribution in [2.45, 2.75) is 5.75 Å². The maximum absolute atomic E-state index is 12.6. The Balaban J connectivity index is 3.56. The van der Waals surface area contributed by atoms with Crippen LogP contribution in [0.1, 0.15) is 5.56 Å². The van der Waals surface area contributed by atoms with Gasteiger partial charge < -0.3 is 0 Å². The fraction of sp³-hybridized carbons (Fsp3) is 0.143. The molecule has 0 nitrogen and oxygen atoms in total. The summed E-state index contributed by atoms with van der Waals surface area (Å²) in [5, 5.41) is 0. The molecule has 1 rings (SSSR count). The second-order valence-electron chi connectivity index (χ2n) is 2.21. The largest absolute Gasteiger partial charge is 0.203 e. The average molecular weight is 214 g/mol. The van der Waals surface area contributed by atoms with Crippen molar-refractivity contribution in [2.24, 2.45) is 0 Å². The number of halogens is 5. The van der Waals surface area contributed by atoms with Crippen molar-refractivity contribution < 1.29 is 22.0 Å². The van der Waals surface area contributed by atoms with Crippen LogP contribution in [0, 0.1) is 29.1 Å². The highest BCUT2D eigenvalue weighted by atomic mass is 32.1. The van der Waals surface area contributed by atoms with E-state index in [1.165, 1.54) is 0 Å². The van der Waals surface area contributed by atoms with Crippen LogP contribution in [0.3, 0.4) is 0 Å². The van der Waals surface area contributed by atoms with Crippen LogP contribution in [0.4, 0.5) is 22.0 Å². The van der Waals surface area contributed by atoms with Gasteiger partial charge >= 0.3 is 0 Å². The van der Waals surface area contributed by atoms with Gasteiger partial charge in [0.05, 0.1) is 0 Å². The SMILES string of the molecule is Fc1c(F)c(F)c(CS)c(F)c1F. The van der Waals surface area contributed by atoms with Gasteiger partial charge in [0.15, 0.2) is 23.3 Å². The van der Waals surface area contributed by atoms with Gasteiger partial charge in [0.2, 0.25) is 5.82 Å². The minimum absolute atomic E-state index is 0.550. The molecular weight excluding hydrogens is 211 g/mol. The summed E-state index contributed by atoms with van der Waals surface area (Å²) in [5.41, 5.74) is -0.917. The van der Waals surface area contributed by atoms with E-state index in [2.05, 4.69) is 12.6 Å². The van der Waals surface area contributed by atoms with Crippen molar-refractivity contribution in [1.82, 2.24) is 0 Å². The van der Waals surface area contributed by atoms with Crippen LogP contribution in [0.25, 0.3) is 0 Å². The first-order valence-electron chi connectivity index (χ1n) is 3.11. The number of hydrogen-bond donors (Lipinski definition) is 1. The molecule has 0 saturated carbocycles. The number of rotatable bonds is 1.